The average molecular weight is 309 g/mol. The minimum atomic E-state index is -1.04. The van der Waals surface area contributed by atoms with Crippen LogP contribution in [0.25, 0.3) is 0 Å². The number of carbonyl (C=O) groups is 1. The van der Waals surface area contributed by atoms with Crippen molar-refractivity contribution >= 4 is 28.9 Å². The lowest BCUT2D eigenvalue weighted by molar-refractivity contribution is 0.0697. The van der Waals surface area contributed by atoms with Gasteiger partial charge in [-0.05, 0) is 42.0 Å². The molecule has 2 aromatic rings. The molecule has 0 heterocycles. The van der Waals surface area contributed by atoms with Crippen molar-refractivity contribution < 1.29 is 14.3 Å². The highest BCUT2D eigenvalue weighted by Crippen LogP contribution is 2.27. The number of carboxylic acid groups (broad SMARTS) is 1. The second kappa shape index (κ2) is 6.01. The van der Waals surface area contributed by atoms with Crippen molar-refractivity contribution in [3.8, 4) is 0 Å². The first-order valence-corrected chi connectivity index (χ1v) is 6.54. The van der Waals surface area contributed by atoms with Crippen LogP contribution >= 0.6 is 11.6 Å². The fourth-order valence-electron chi connectivity index (χ4n) is 2.04. The summed E-state index contributed by atoms with van der Waals surface area (Å²) in [5.74, 6) is -1.40. The predicted octanol–water partition coefficient (Wildman–Crippen LogP) is 3.40. The molecule has 0 amide bonds. The van der Waals surface area contributed by atoms with Gasteiger partial charge in [0.2, 0.25) is 0 Å². The summed E-state index contributed by atoms with van der Waals surface area (Å²) in [6, 6.07) is 8.63. The molecule has 0 saturated carbocycles. The van der Waals surface area contributed by atoms with E-state index < -0.39 is 5.97 Å². The van der Waals surface area contributed by atoms with Crippen LogP contribution in [0.5, 0.6) is 0 Å². The van der Waals surface area contributed by atoms with Crippen molar-refractivity contribution in [2.75, 3.05) is 17.7 Å². The second-order valence-electron chi connectivity index (χ2n) is 4.67. The lowest BCUT2D eigenvalue weighted by Crippen LogP contribution is -2.18. The van der Waals surface area contributed by atoms with Gasteiger partial charge in [0.1, 0.15) is 5.82 Å². The molecule has 0 aliphatic heterocycles. The third kappa shape index (κ3) is 3.44. The van der Waals surface area contributed by atoms with E-state index in [1.807, 2.05) is 0 Å². The number of halogens is 2. The van der Waals surface area contributed by atoms with Gasteiger partial charge in [0.05, 0.1) is 16.9 Å². The molecular formula is C15H14ClFN2O2. The molecule has 0 radical (unpaired) electrons. The number of hydrogen-bond acceptors (Lipinski definition) is 3. The van der Waals surface area contributed by atoms with Crippen LogP contribution in [0.3, 0.4) is 0 Å². The Bertz CT molecular complexity index is 691. The van der Waals surface area contributed by atoms with Gasteiger partial charge in [-0.3, -0.25) is 0 Å². The maximum Gasteiger partial charge on any atom is 0.335 e. The zero-order chi connectivity index (χ0) is 15.6. The van der Waals surface area contributed by atoms with Gasteiger partial charge in [-0.25, -0.2) is 9.18 Å². The topological polar surface area (TPSA) is 66.6 Å². The number of hydrogen-bond donors (Lipinski definition) is 2. The largest absolute Gasteiger partial charge is 0.478 e. The van der Waals surface area contributed by atoms with Crippen molar-refractivity contribution in [3.05, 3.63) is 58.4 Å². The van der Waals surface area contributed by atoms with Crippen LogP contribution in [0.4, 0.5) is 15.8 Å². The SMILES string of the molecule is CN(Cc1cc(F)ccc1Cl)c1ccc(C(=O)O)cc1N. The van der Waals surface area contributed by atoms with Crippen LogP contribution in [0.1, 0.15) is 15.9 Å². The summed E-state index contributed by atoms with van der Waals surface area (Å²) in [5.41, 5.74) is 7.61. The van der Waals surface area contributed by atoms with Gasteiger partial charge in [-0.2, -0.15) is 0 Å². The first-order chi connectivity index (χ1) is 9.88. The molecule has 2 aromatic carbocycles. The summed E-state index contributed by atoms with van der Waals surface area (Å²) in [5, 5.41) is 9.37. The van der Waals surface area contributed by atoms with E-state index in [0.717, 1.165) is 0 Å². The highest BCUT2D eigenvalue weighted by molar-refractivity contribution is 6.31. The summed E-state index contributed by atoms with van der Waals surface area (Å²) in [4.78, 5) is 12.7. The van der Waals surface area contributed by atoms with Gasteiger partial charge in [0.15, 0.2) is 0 Å². The van der Waals surface area contributed by atoms with E-state index in [4.69, 9.17) is 22.4 Å². The van der Waals surface area contributed by atoms with E-state index in [0.29, 0.717) is 28.5 Å². The van der Waals surface area contributed by atoms with E-state index >= 15 is 0 Å². The Kier molecular flexibility index (Phi) is 4.33. The molecular weight excluding hydrogens is 295 g/mol. The van der Waals surface area contributed by atoms with Gasteiger partial charge >= 0.3 is 5.97 Å². The number of nitrogens with two attached hydrogens (primary N) is 1. The number of rotatable bonds is 4. The van der Waals surface area contributed by atoms with Crippen molar-refractivity contribution in [3.63, 3.8) is 0 Å². The van der Waals surface area contributed by atoms with E-state index in [1.54, 1.807) is 18.0 Å². The maximum atomic E-state index is 13.3. The highest BCUT2D eigenvalue weighted by atomic mass is 35.5. The molecule has 3 N–H and O–H groups in total. The van der Waals surface area contributed by atoms with Crippen molar-refractivity contribution in [2.45, 2.75) is 6.54 Å². The van der Waals surface area contributed by atoms with Crippen LogP contribution in [0.2, 0.25) is 5.02 Å². The molecule has 0 aliphatic carbocycles. The van der Waals surface area contributed by atoms with Crippen molar-refractivity contribution in [1.29, 1.82) is 0 Å². The van der Waals surface area contributed by atoms with Crippen LogP contribution in [-0.2, 0) is 6.54 Å². The third-order valence-electron chi connectivity index (χ3n) is 3.10. The highest BCUT2D eigenvalue weighted by Gasteiger charge is 2.11. The summed E-state index contributed by atoms with van der Waals surface area (Å²) in [6.07, 6.45) is 0. The number of aromatic carboxylic acids is 1. The monoisotopic (exact) mass is 308 g/mol. The lowest BCUT2D eigenvalue weighted by Gasteiger charge is -2.22. The van der Waals surface area contributed by atoms with Crippen molar-refractivity contribution in [1.82, 2.24) is 0 Å². The average Bonchev–Trinajstić information content (AvgIpc) is 2.42. The summed E-state index contributed by atoms with van der Waals surface area (Å²) in [6.45, 7) is 0.354. The number of anilines is 2. The maximum absolute atomic E-state index is 13.3. The van der Waals surface area contributed by atoms with Gasteiger partial charge in [-0.15, -0.1) is 0 Å². The minimum absolute atomic E-state index is 0.119. The van der Waals surface area contributed by atoms with Gasteiger partial charge < -0.3 is 15.7 Å². The quantitative estimate of drug-likeness (QED) is 0.850. The Balaban J connectivity index is 2.26. The second-order valence-corrected chi connectivity index (χ2v) is 5.08. The molecule has 0 aromatic heterocycles. The Hall–Kier alpha value is -2.27. The molecule has 110 valence electrons. The van der Waals surface area contributed by atoms with Crippen LogP contribution < -0.4 is 10.6 Å². The molecule has 6 heteroatoms. The molecule has 0 fully saturated rings. The minimum Gasteiger partial charge on any atom is -0.478 e. The van der Waals surface area contributed by atoms with E-state index in [2.05, 4.69) is 0 Å². The van der Waals surface area contributed by atoms with E-state index in [1.165, 1.54) is 30.3 Å². The zero-order valence-corrected chi connectivity index (χ0v) is 12.1. The Morgan fingerprint density at radius 2 is 2.05 bits per heavy atom. The standard InChI is InChI=1S/C15H14ClFN2O2/c1-19(8-10-6-11(17)3-4-12(10)16)14-5-2-9(15(20)21)7-13(14)18/h2-7H,8,18H2,1H3,(H,20,21). The summed E-state index contributed by atoms with van der Waals surface area (Å²) < 4.78 is 13.3. The fraction of sp³-hybridized carbons (Fsp3) is 0.133. The normalized spacial score (nSPS) is 10.4. The zero-order valence-electron chi connectivity index (χ0n) is 11.3. The number of nitrogen functional groups attached to an aromatic ring is 1. The smallest absolute Gasteiger partial charge is 0.335 e. The number of benzene rings is 2. The van der Waals surface area contributed by atoms with Crippen LogP contribution in [0.15, 0.2) is 36.4 Å². The summed E-state index contributed by atoms with van der Waals surface area (Å²) >= 11 is 6.03. The van der Waals surface area contributed by atoms with Gasteiger partial charge in [-0.1, -0.05) is 11.6 Å². The molecule has 0 spiro atoms. The molecule has 4 nitrogen and oxygen atoms in total. The molecule has 0 unspecified atom stereocenters. The molecule has 0 atom stereocenters. The summed E-state index contributed by atoms with van der Waals surface area (Å²) in [7, 11) is 1.77. The molecule has 2 rings (SSSR count). The first-order valence-electron chi connectivity index (χ1n) is 6.16. The Morgan fingerprint density at radius 1 is 1.33 bits per heavy atom. The van der Waals surface area contributed by atoms with Crippen molar-refractivity contribution in [2.24, 2.45) is 0 Å². The molecule has 21 heavy (non-hydrogen) atoms. The predicted molar refractivity (Wildman–Crippen MR) is 81.3 cm³/mol. The number of carboxylic acids is 1. The van der Waals surface area contributed by atoms with E-state index in [9.17, 15) is 9.18 Å². The molecule has 0 bridgehead atoms. The van der Waals surface area contributed by atoms with Gasteiger partial charge in [0, 0.05) is 18.6 Å². The number of nitrogens with zero attached hydrogens (tertiary/aromatic N) is 1. The van der Waals surface area contributed by atoms with Crippen LogP contribution in [0, 0.1) is 5.82 Å². The third-order valence-corrected chi connectivity index (χ3v) is 3.47. The Labute approximate surface area is 126 Å². The lowest BCUT2D eigenvalue weighted by atomic mass is 10.1. The van der Waals surface area contributed by atoms with Crippen LogP contribution in [-0.4, -0.2) is 18.1 Å². The Morgan fingerprint density at radius 3 is 2.67 bits per heavy atom. The first kappa shape index (κ1) is 15.1. The fourth-order valence-corrected chi connectivity index (χ4v) is 2.22. The van der Waals surface area contributed by atoms with E-state index in [-0.39, 0.29) is 11.4 Å². The molecule has 0 aliphatic rings. The van der Waals surface area contributed by atoms with Gasteiger partial charge in [0.25, 0.3) is 0 Å². The molecule has 0 saturated heterocycles.